The zero-order valence-corrected chi connectivity index (χ0v) is 14.5. The number of aryl methyl sites for hydroxylation is 1. The normalized spacial score (nSPS) is 31.2. The van der Waals surface area contributed by atoms with Crippen LogP contribution in [0.25, 0.3) is 0 Å². The van der Waals surface area contributed by atoms with Gasteiger partial charge in [0.1, 0.15) is 5.60 Å². The molecule has 2 unspecified atom stereocenters. The van der Waals surface area contributed by atoms with E-state index >= 15 is 0 Å². The van der Waals surface area contributed by atoms with Gasteiger partial charge in [-0.1, -0.05) is 24.3 Å². The summed E-state index contributed by atoms with van der Waals surface area (Å²) in [6.07, 6.45) is 4.62. The number of rotatable bonds is 1. The van der Waals surface area contributed by atoms with Crippen LogP contribution in [-0.2, 0) is 26.2 Å². The number of nitrogens with zero attached hydrogens (tertiary/aromatic N) is 1. The molecular weight excluding hydrogens is 302 g/mol. The van der Waals surface area contributed by atoms with E-state index in [-0.39, 0.29) is 29.6 Å². The van der Waals surface area contributed by atoms with Crippen molar-refractivity contribution in [1.29, 1.82) is 0 Å². The number of hydrogen-bond acceptors (Lipinski definition) is 3. The second-order valence-electron chi connectivity index (χ2n) is 8.14. The summed E-state index contributed by atoms with van der Waals surface area (Å²) in [6, 6.07) is 8.67. The fourth-order valence-electron chi connectivity index (χ4n) is 4.93. The quantitative estimate of drug-likeness (QED) is 0.745. The number of carbonyl (C=O) groups excluding carboxylic acids is 2. The number of ether oxygens (including phenoxy) is 1. The molecule has 2 atom stereocenters. The van der Waals surface area contributed by atoms with Gasteiger partial charge < -0.3 is 9.64 Å². The van der Waals surface area contributed by atoms with Crippen molar-refractivity contribution in [3.05, 3.63) is 35.4 Å². The molecule has 1 aromatic carbocycles. The predicted octanol–water partition coefficient (Wildman–Crippen LogP) is 2.83. The van der Waals surface area contributed by atoms with Crippen molar-refractivity contribution in [2.75, 3.05) is 13.1 Å². The Hall–Kier alpha value is -1.84. The Morgan fingerprint density at radius 3 is 2.79 bits per heavy atom. The molecule has 4 rings (SSSR count). The lowest BCUT2D eigenvalue weighted by molar-refractivity contribution is -0.149. The third-order valence-electron chi connectivity index (χ3n) is 6.24. The molecule has 24 heavy (non-hydrogen) atoms. The predicted molar refractivity (Wildman–Crippen MR) is 90.5 cm³/mol. The second-order valence-corrected chi connectivity index (χ2v) is 8.14. The van der Waals surface area contributed by atoms with Gasteiger partial charge >= 0.3 is 5.97 Å². The SMILES string of the molecule is CC1(C)OC(=O)CC1C(=O)N1CCCC2(CCc3ccccc32)C1. The molecule has 2 fully saturated rings. The minimum Gasteiger partial charge on any atom is -0.459 e. The molecular formula is C20H25NO3. The largest absolute Gasteiger partial charge is 0.459 e. The molecule has 2 heterocycles. The number of hydrogen-bond donors (Lipinski definition) is 0. The first-order valence-electron chi connectivity index (χ1n) is 9.00. The lowest BCUT2D eigenvalue weighted by Crippen LogP contribution is -2.51. The summed E-state index contributed by atoms with van der Waals surface area (Å²) in [4.78, 5) is 26.8. The number of fused-ring (bicyclic) bond motifs is 2. The van der Waals surface area contributed by atoms with E-state index in [1.165, 1.54) is 11.1 Å². The summed E-state index contributed by atoms with van der Waals surface area (Å²) in [6.45, 7) is 5.28. The highest BCUT2D eigenvalue weighted by atomic mass is 16.6. The summed E-state index contributed by atoms with van der Waals surface area (Å²) < 4.78 is 5.36. The van der Waals surface area contributed by atoms with E-state index < -0.39 is 5.60 Å². The van der Waals surface area contributed by atoms with Crippen molar-refractivity contribution in [3.8, 4) is 0 Å². The van der Waals surface area contributed by atoms with Gasteiger partial charge in [-0.2, -0.15) is 0 Å². The van der Waals surface area contributed by atoms with E-state index in [1.807, 2.05) is 18.7 Å². The van der Waals surface area contributed by atoms with Gasteiger partial charge in [0.15, 0.2) is 0 Å². The highest BCUT2D eigenvalue weighted by Gasteiger charge is 2.50. The van der Waals surface area contributed by atoms with Crippen LogP contribution in [0, 0.1) is 5.92 Å². The fourth-order valence-corrected chi connectivity index (χ4v) is 4.93. The number of likely N-dealkylation sites (tertiary alicyclic amines) is 1. The first-order valence-corrected chi connectivity index (χ1v) is 9.00. The van der Waals surface area contributed by atoms with E-state index in [1.54, 1.807) is 0 Å². The monoisotopic (exact) mass is 327 g/mol. The maximum absolute atomic E-state index is 13.1. The van der Waals surface area contributed by atoms with Crippen molar-refractivity contribution < 1.29 is 14.3 Å². The standard InChI is InChI=1S/C20H25NO3/c1-19(2)16(12-17(22)24-19)18(23)21-11-5-9-20(13-21)10-8-14-6-3-4-7-15(14)20/h3-4,6-7,16H,5,8-13H2,1-2H3. The molecule has 0 saturated carbocycles. The molecule has 2 aliphatic heterocycles. The molecule has 1 aromatic rings. The van der Waals surface area contributed by atoms with Crippen molar-refractivity contribution in [3.63, 3.8) is 0 Å². The highest BCUT2D eigenvalue weighted by Crippen LogP contribution is 2.45. The number of benzene rings is 1. The van der Waals surface area contributed by atoms with Gasteiger partial charge in [-0.15, -0.1) is 0 Å². The average molecular weight is 327 g/mol. The second kappa shape index (κ2) is 5.33. The van der Waals surface area contributed by atoms with E-state index in [9.17, 15) is 9.59 Å². The lowest BCUT2D eigenvalue weighted by Gasteiger charge is -2.43. The van der Waals surface area contributed by atoms with Gasteiger partial charge in [-0.25, -0.2) is 0 Å². The van der Waals surface area contributed by atoms with Crippen LogP contribution < -0.4 is 0 Å². The molecule has 128 valence electrons. The lowest BCUT2D eigenvalue weighted by atomic mass is 9.74. The fraction of sp³-hybridized carbons (Fsp3) is 0.600. The van der Waals surface area contributed by atoms with Crippen LogP contribution in [0.5, 0.6) is 0 Å². The molecule has 0 bridgehead atoms. The molecule has 0 aromatic heterocycles. The van der Waals surface area contributed by atoms with E-state index in [0.29, 0.717) is 0 Å². The molecule has 1 spiro atoms. The number of esters is 1. The highest BCUT2D eigenvalue weighted by molar-refractivity contribution is 5.88. The van der Waals surface area contributed by atoms with Gasteiger partial charge in [0.25, 0.3) is 0 Å². The Kier molecular flexibility index (Phi) is 3.48. The average Bonchev–Trinajstić information content (AvgIpc) is 3.04. The third kappa shape index (κ3) is 2.35. The Morgan fingerprint density at radius 2 is 2.04 bits per heavy atom. The summed E-state index contributed by atoms with van der Waals surface area (Å²) in [7, 11) is 0. The maximum Gasteiger partial charge on any atom is 0.307 e. The first kappa shape index (κ1) is 15.7. The topological polar surface area (TPSA) is 46.6 Å². The van der Waals surface area contributed by atoms with Crippen LogP contribution in [0.4, 0.5) is 0 Å². The summed E-state index contributed by atoms with van der Waals surface area (Å²) in [5, 5.41) is 0. The molecule has 1 amide bonds. The maximum atomic E-state index is 13.1. The number of piperidine rings is 1. The molecule has 0 radical (unpaired) electrons. The summed E-state index contributed by atoms with van der Waals surface area (Å²) in [5.41, 5.74) is 2.29. The molecule has 0 N–H and O–H groups in total. The van der Waals surface area contributed by atoms with Gasteiger partial charge in [-0.05, 0) is 50.7 Å². The van der Waals surface area contributed by atoms with Gasteiger partial charge in [0, 0.05) is 18.5 Å². The smallest absolute Gasteiger partial charge is 0.307 e. The van der Waals surface area contributed by atoms with Gasteiger partial charge in [0.05, 0.1) is 12.3 Å². The summed E-state index contributed by atoms with van der Waals surface area (Å²) >= 11 is 0. The van der Waals surface area contributed by atoms with Crippen LogP contribution in [0.3, 0.4) is 0 Å². The minimum atomic E-state index is -0.688. The molecule has 4 nitrogen and oxygen atoms in total. The molecule has 3 aliphatic rings. The first-order chi connectivity index (χ1) is 11.4. The Morgan fingerprint density at radius 1 is 1.25 bits per heavy atom. The van der Waals surface area contributed by atoms with Crippen molar-refractivity contribution in [2.45, 2.75) is 57.0 Å². The molecule has 4 heteroatoms. The zero-order chi connectivity index (χ0) is 16.9. The van der Waals surface area contributed by atoms with E-state index in [0.717, 1.165) is 38.8 Å². The number of cyclic esters (lactones) is 1. The van der Waals surface area contributed by atoms with E-state index in [4.69, 9.17) is 4.74 Å². The van der Waals surface area contributed by atoms with Crippen LogP contribution in [0.1, 0.15) is 50.7 Å². The molecule has 1 aliphatic carbocycles. The van der Waals surface area contributed by atoms with Crippen molar-refractivity contribution in [1.82, 2.24) is 4.90 Å². The van der Waals surface area contributed by atoms with E-state index in [2.05, 4.69) is 24.3 Å². The molecule has 2 saturated heterocycles. The van der Waals surface area contributed by atoms with Gasteiger partial charge in [-0.3, -0.25) is 9.59 Å². The van der Waals surface area contributed by atoms with Crippen LogP contribution in [-0.4, -0.2) is 35.5 Å². The van der Waals surface area contributed by atoms with Gasteiger partial charge in [0.2, 0.25) is 5.91 Å². The third-order valence-corrected chi connectivity index (χ3v) is 6.24. The number of amides is 1. The van der Waals surface area contributed by atoms with Crippen LogP contribution >= 0.6 is 0 Å². The van der Waals surface area contributed by atoms with Crippen LogP contribution in [0.15, 0.2) is 24.3 Å². The Labute approximate surface area is 143 Å². The Balaban J connectivity index is 1.58. The zero-order valence-electron chi connectivity index (χ0n) is 14.5. The summed E-state index contributed by atoms with van der Waals surface area (Å²) in [5.74, 6) is -0.512. The van der Waals surface area contributed by atoms with Crippen molar-refractivity contribution >= 4 is 11.9 Å². The Bertz CT molecular complexity index is 692. The van der Waals surface area contributed by atoms with Crippen molar-refractivity contribution in [2.24, 2.45) is 5.92 Å². The minimum absolute atomic E-state index is 0.0920. The number of carbonyl (C=O) groups is 2. The van der Waals surface area contributed by atoms with Crippen LogP contribution in [0.2, 0.25) is 0 Å².